The van der Waals surface area contributed by atoms with E-state index in [1.54, 1.807) is 0 Å². The average molecular weight is 619 g/mol. The Hall–Kier alpha value is -2.87. The fraction of sp³-hybridized carbons (Fsp3) is 0.407. The maximum Gasteiger partial charge on any atom is 0.280 e. The zero-order valence-corrected chi connectivity index (χ0v) is 22.6. The molecule has 3 saturated carbocycles. The second-order valence-corrected chi connectivity index (χ2v) is 13.4. The highest BCUT2D eigenvalue weighted by atomic mass is 35.5. The van der Waals surface area contributed by atoms with Crippen LogP contribution in [0.5, 0.6) is 0 Å². The Morgan fingerprint density at radius 2 is 1.68 bits per heavy atom. The number of carbonyl (C=O) groups is 1. The summed E-state index contributed by atoms with van der Waals surface area (Å²) in [6.07, 6.45) is -2.62. The highest BCUT2D eigenvalue weighted by Gasteiger charge is 2.64. The van der Waals surface area contributed by atoms with Crippen LogP contribution in [-0.2, 0) is 14.6 Å². The second-order valence-electron chi connectivity index (χ2n) is 10.5. The van der Waals surface area contributed by atoms with Gasteiger partial charge < -0.3 is 15.5 Å². The van der Waals surface area contributed by atoms with Crippen molar-refractivity contribution in [3.05, 3.63) is 81.9 Å². The summed E-state index contributed by atoms with van der Waals surface area (Å²) in [6, 6.07) is 4.25. The first kappa shape index (κ1) is 29.6. The number of carbonyl (C=O) groups excluding carboxylic acids is 1. The molecule has 3 fully saturated rings. The Morgan fingerprint density at radius 1 is 1.02 bits per heavy atom. The molecule has 1 aromatic heterocycles. The van der Waals surface area contributed by atoms with E-state index in [9.17, 15) is 45.4 Å². The lowest BCUT2D eigenvalue weighted by Gasteiger charge is -2.60. The summed E-state index contributed by atoms with van der Waals surface area (Å²) >= 11 is 6.26. The number of benzene rings is 1. The van der Waals surface area contributed by atoms with Gasteiger partial charge in [0.05, 0.1) is 5.25 Å². The number of halogens is 6. The van der Waals surface area contributed by atoms with Gasteiger partial charge in [-0.3, -0.25) is 4.79 Å². The highest BCUT2D eigenvalue weighted by Crippen LogP contribution is 2.60. The van der Waals surface area contributed by atoms with Crippen LogP contribution in [0.1, 0.15) is 49.6 Å². The summed E-state index contributed by atoms with van der Waals surface area (Å²) in [6.45, 7) is 0. The fourth-order valence-electron chi connectivity index (χ4n) is 6.03. The number of hydrogen-bond acceptors (Lipinski definition) is 6. The number of amides is 1. The predicted molar refractivity (Wildman–Crippen MR) is 138 cm³/mol. The molecule has 14 heteroatoms. The number of aliphatic hydroxyl groups excluding tert-OH is 1. The number of nitrogens with one attached hydrogen (secondary N) is 1. The minimum Gasteiger partial charge on any atom is -0.386 e. The Kier molecular flexibility index (Phi) is 7.77. The topological polar surface area (TPSA) is 117 Å². The minimum atomic E-state index is -4.07. The zero-order chi connectivity index (χ0) is 29.9. The number of allylic oxidation sites excluding steroid dienone is 2. The van der Waals surface area contributed by atoms with E-state index < -0.39 is 85.1 Å². The number of rotatable bonds is 7. The average Bonchev–Trinajstić information content (AvgIpc) is 2.94. The summed E-state index contributed by atoms with van der Waals surface area (Å²) in [4.78, 5) is 16.3. The molecule has 41 heavy (non-hydrogen) atoms. The molecule has 0 radical (unpaired) electrons. The lowest BCUT2D eigenvalue weighted by molar-refractivity contribution is -0.235. The van der Waals surface area contributed by atoms with E-state index in [0.717, 1.165) is 30.3 Å². The van der Waals surface area contributed by atoms with Gasteiger partial charge in [-0.15, -0.1) is 0 Å². The summed E-state index contributed by atoms with van der Waals surface area (Å²) in [7, 11) is -4.07. The van der Waals surface area contributed by atoms with E-state index in [1.807, 2.05) is 0 Å². The molecule has 4 aliphatic rings. The van der Waals surface area contributed by atoms with Crippen LogP contribution in [0.3, 0.4) is 0 Å². The van der Waals surface area contributed by atoms with Gasteiger partial charge in [0.15, 0.2) is 21.5 Å². The Bertz CT molecular complexity index is 1560. The first-order chi connectivity index (χ1) is 19.2. The van der Waals surface area contributed by atoms with Gasteiger partial charge in [-0.05, 0) is 67.9 Å². The smallest absolute Gasteiger partial charge is 0.280 e. The summed E-state index contributed by atoms with van der Waals surface area (Å²) < 4.78 is 94.7. The molecule has 3 N–H and O–H groups in total. The van der Waals surface area contributed by atoms with Crippen LogP contribution in [0, 0.1) is 29.3 Å². The molecule has 0 spiro atoms. The molecule has 220 valence electrons. The number of aliphatic hydroxyl groups is 2. The number of anilines is 1. The molecule has 1 heterocycles. The first-order valence-corrected chi connectivity index (χ1v) is 14.6. The molecule has 7 nitrogen and oxygen atoms in total. The lowest BCUT2D eigenvalue weighted by atomic mass is 9.51. The van der Waals surface area contributed by atoms with E-state index in [0.29, 0.717) is 6.42 Å². The maximum atomic E-state index is 14.4. The summed E-state index contributed by atoms with van der Waals surface area (Å²) in [5.74, 6) is -5.69. The molecule has 4 unspecified atom stereocenters. The van der Waals surface area contributed by atoms with E-state index >= 15 is 0 Å². The molecule has 1 amide bonds. The third-order valence-corrected chi connectivity index (χ3v) is 11.3. The summed E-state index contributed by atoms with van der Waals surface area (Å²) in [5.41, 5.74) is -3.49. The normalized spacial score (nSPS) is 28.4. The van der Waals surface area contributed by atoms with Crippen molar-refractivity contribution in [3.63, 3.8) is 0 Å². The van der Waals surface area contributed by atoms with Crippen molar-refractivity contribution >= 4 is 33.0 Å². The van der Waals surface area contributed by atoms with Crippen molar-refractivity contribution < 1.29 is 45.4 Å². The molecular weight excluding hydrogens is 595 g/mol. The van der Waals surface area contributed by atoms with Gasteiger partial charge in [-0.2, -0.15) is 0 Å². The van der Waals surface area contributed by atoms with Gasteiger partial charge in [-0.1, -0.05) is 17.7 Å². The number of nitrogens with zero attached hydrogens (tertiary/aromatic N) is 1. The number of hydrogen-bond donors (Lipinski definition) is 3. The van der Waals surface area contributed by atoms with Crippen LogP contribution < -0.4 is 5.32 Å². The molecule has 6 rings (SSSR count). The van der Waals surface area contributed by atoms with Crippen molar-refractivity contribution in [3.8, 4) is 0 Å². The highest BCUT2D eigenvalue weighted by molar-refractivity contribution is 7.93. The SMILES string of the molecule is O=C(Nc1ccc(F)c(F)c1)C1=CC=C(Cl)C(S(=O)(=O)C2CC3CC(C2)C3(O)C(O)c2nc(C(F)F)ccc2F)C1. The van der Waals surface area contributed by atoms with E-state index in [-0.39, 0.29) is 35.6 Å². The van der Waals surface area contributed by atoms with Crippen LogP contribution in [0.2, 0.25) is 0 Å². The third-order valence-electron chi connectivity index (χ3n) is 8.27. The predicted octanol–water partition coefficient (Wildman–Crippen LogP) is 4.87. The van der Waals surface area contributed by atoms with Gasteiger partial charge in [0, 0.05) is 22.4 Å². The van der Waals surface area contributed by atoms with Crippen molar-refractivity contribution in [1.82, 2.24) is 4.98 Å². The molecule has 4 aliphatic carbocycles. The number of alkyl halides is 2. The molecule has 0 aliphatic heterocycles. The molecular formula is C27H24ClF5N2O5S. The van der Waals surface area contributed by atoms with Gasteiger partial charge in [0.2, 0.25) is 0 Å². The number of aromatic nitrogens is 1. The monoisotopic (exact) mass is 618 g/mol. The molecule has 2 bridgehead atoms. The van der Waals surface area contributed by atoms with Crippen LogP contribution in [0.4, 0.5) is 27.6 Å². The molecule has 4 atom stereocenters. The van der Waals surface area contributed by atoms with Crippen molar-refractivity contribution in [2.45, 2.75) is 54.3 Å². The van der Waals surface area contributed by atoms with E-state index in [1.165, 1.54) is 12.2 Å². The van der Waals surface area contributed by atoms with Gasteiger partial charge in [0.25, 0.3) is 12.3 Å². The fourth-order valence-corrected chi connectivity index (χ4v) is 8.81. The van der Waals surface area contributed by atoms with Crippen molar-refractivity contribution in [2.24, 2.45) is 11.8 Å². The van der Waals surface area contributed by atoms with Gasteiger partial charge in [0.1, 0.15) is 34.2 Å². The second kappa shape index (κ2) is 10.8. The quantitative estimate of drug-likeness (QED) is 0.381. The van der Waals surface area contributed by atoms with Gasteiger partial charge in [-0.25, -0.2) is 35.4 Å². The zero-order valence-electron chi connectivity index (χ0n) is 21.1. The third kappa shape index (κ3) is 5.17. The molecule has 0 saturated heterocycles. The standard InChI is InChI=1S/C27H24ClF5N2O5S/c28-17-3-1-12(26(37)34-15-2-4-18(29)20(31)11-15)7-22(17)41(39,40)16-9-13-8-14(10-16)27(13,38)24(36)23-19(30)5-6-21(35-23)25(32)33/h1-6,11,13-14,16,22,24-25,36,38H,7-10H2,(H,34,37). The lowest BCUT2D eigenvalue weighted by Crippen LogP contribution is -2.65. The number of pyridine rings is 1. The largest absolute Gasteiger partial charge is 0.386 e. The maximum absolute atomic E-state index is 14.4. The first-order valence-electron chi connectivity index (χ1n) is 12.6. The number of fused-ring (bicyclic) bond motifs is 2. The van der Waals surface area contributed by atoms with Crippen LogP contribution in [0.15, 0.2) is 53.1 Å². The Labute approximate surface area is 236 Å². The molecule has 1 aromatic carbocycles. The van der Waals surface area contributed by atoms with Crippen LogP contribution in [0.25, 0.3) is 0 Å². The van der Waals surface area contributed by atoms with E-state index in [2.05, 4.69) is 10.3 Å². The van der Waals surface area contributed by atoms with Crippen LogP contribution >= 0.6 is 11.6 Å². The van der Waals surface area contributed by atoms with Gasteiger partial charge >= 0.3 is 0 Å². The molecule has 2 aromatic rings. The Balaban J connectivity index is 1.30. The van der Waals surface area contributed by atoms with Crippen LogP contribution in [-0.4, -0.2) is 45.6 Å². The van der Waals surface area contributed by atoms with Crippen molar-refractivity contribution in [1.29, 1.82) is 0 Å². The van der Waals surface area contributed by atoms with E-state index in [4.69, 9.17) is 11.6 Å². The minimum absolute atomic E-state index is 0.0288. The van der Waals surface area contributed by atoms with Crippen molar-refractivity contribution in [2.75, 3.05) is 5.32 Å². The summed E-state index contributed by atoms with van der Waals surface area (Å²) in [5, 5.41) is 22.2. The number of sulfone groups is 1. The Morgan fingerprint density at radius 3 is 2.32 bits per heavy atom.